The molecule has 6 nitrogen and oxygen atoms in total. The molecule has 1 fully saturated rings. The summed E-state index contributed by atoms with van der Waals surface area (Å²) in [5, 5.41) is 15.6. The Hall–Kier alpha value is -2.97. The third-order valence-corrected chi connectivity index (χ3v) is 12.2. The largest absolute Gasteiger partial charge is 0.445 e. The Bertz CT molecular complexity index is 1100. The van der Waals surface area contributed by atoms with Gasteiger partial charge in [0.1, 0.15) is 6.61 Å². The molecule has 1 aliphatic heterocycles. The van der Waals surface area contributed by atoms with E-state index in [2.05, 4.69) is 74.6 Å². The molecular formula is C30H37NO5Si. The summed E-state index contributed by atoms with van der Waals surface area (Å²) >= 11 is 0. The summed E-state index contributed by atoms with van der Waals surface area (Å²) in [5.41, 5.74) is 0.894. The summed E-state index contributed by atoms with van der Waals surface area (Å²) in [6.07, 6.45) is -2.12. The molecule has 4 atom stereocenters. The Kier molecular flexibility index (Phi) is 8.49. The van der Waals surface area contributed by atoms with Crippen LogP contribution in [-0.4, -0.2) is 44.6 Å². The number of benzene rings is 3. The molecule has 2 unspecified atom stereocenters. The van der Waals surface area contributed by atoms with Crippen molar-refractivity contribution in [3.05, 3.63) is 96.6 Å². The van der Waals surface area contributed by atoms with Crippen LogP contribution in [0.15, 0.2) is 91.0 Å². The van der Waals surface area contributed by atoms with Crippen LogP contribution in [0.1, 0.15) is 33.3 Å². The van der Waals surface area contributed by atoms with Gasteiger partial charge >= 0.3 is 6.09 Å². The molecule has 0 radical (unpaired) electrons. The second-order valence-corrected chi connectivity index (χ2v) is 14.9. The highest BCUT2D eigenvalue weighted by molar-refractivity contribution is 6.99. The molecule has 4 rings (SSSR count). The summed E-state index contributed by atoms with van der Waals surface area (Å²) in [4.78, 5) is 12.5. The number of aliphatic hydroxyl groups excluding tert-OH is 1. The molecule has 1 saturated heterocycles. The maximum atomic E-state index is 12.5. The fraction of sp³-hybridized carbons (Fsp3) is 0.367. The maximum absolute atomic E-state index is 12.5. The molecule has 3 aromatic carbocycles. The smallest absolute Gasteiger partial charge is 0.407 e. The minimum atomic E-state index is -2.75. The number of hydrogen-bond acceptors (Lipinski definition) is 5. The van der Waals surface area contributed by atoms with Gasteiger partial charge in [0.05, 0.1) is 18.8 Å². The zero-order valence-electron chi connectivity index (χ0n) is 22.0. The molecule has 1 amide bonds. The van der Waals surface area contributed by atoms with E-state index in [0.717, 1.165) is 5.56 Å². The second kappa shape index (κ2) is 11.6. The van der Waals surface area contributed by atoms with Gasteiger partial charge in [-0.3, -0.25) is 0 Å². The van der Waals surface area contributed by atoms with Crippen molar-refractivity contribution in [2.75, 3.05) is 6.61 Å². The average molecular weight is 520 g/mol. The molecule has 196 valence electrons. The number of carbonyl (C=O) groups is 1. The predicted molar refractivity (Wildman–Crippen MR) is 147 cm³/mol. The number of hydrogen-bond donors (Lipinski definition) is 2. The van der Waals surface area contributed by atoms with Gasteiger partial charge in [0, 0.05) is 5.92 Å². The minimum absolute atomic E-state index is 0.158. The van der Waals surface area contributed by atoms with E-state index in [4.69, 9.17) is 13.9 Å². The minimum Gasteiger partial charge on any atom is -0.445 e. The van der Waals surface area contributed by atoms with Crippen LogP contribution >= 0.6 is 0 Å². The van der Waals surface area contributed by atoms with E-state index in [1.165, 1.54) is 10.4 Å². The second-order valence-electron chi connectivity index (χ2n) is 10.6. The van der Waals surface area contributed by atoms with Gasteiger partial charge < -0.3 is 24.3 Å². The molecule has 1 heterocycles. The van der Waals surface area contributed by atoms with E-state index in [1.807, 2.05) is 49.4 Å². The molecule has 1 aliphatic rings. The van der Waals surface area contributed by atoms with E-state index in [9.17, 15) is 9.90 Å². The van der Waals surface area contributed by atoms with Crippen molar-refractivity contribution in [3.8, 4) is 0 Å². The molecule has 0 aliphatic carbocycles. The number of amides is 1. The van der Waals surface area contributed by atoms with Crippen molar-refractivity contribution in [2.45, 2.75) is 57.8 Å². The topological polar surface area (TPSA) is 77.0 Å². The lowest BCUT2D eigenvalue weighted by Crippen LogP contribution is -2.67. The van der Waals surface area contributed by atoms with Crippen molar-refractivity contribution in [2.24, 2.45) is 5.92 Å². The van der Waals surface area contributed by atoms with Crippen LogP contribution in [0.4, 0.5) is 4.79 Å². The molecule has 0 aromatic heterocycles. The van der Waals surface area contributed by atoms with Crippen LogP contribution in [0, 0.1) is 5.92 Å². The molecule has 0 bridgehead atoms. The van der Waals surface area contributed by atoms with Crippen molar-refractivity contribution >= 4 is 24.8 Å². The van der Waals surface area contributed by atoms with Gasteiger partial charge in [-0.05, 0) is 21.0 Å². The summed E-state index contributed by atoms with van der Waals surface area (Å²) in [5.74, 6) is -0.183. The zero-order chi connectivity index (χ0) is 26.5. The highest BCUT2D eigenvalue weighted by Crippen LogP contribution is 2.38. The van der Waals surface area contributed by atoms with Crippen LogP contribution in [0.3, 0.4) is 0 Å². The lowest BCUT2D eigenvalue weighted by Gasteiger charge is -2.43. The van der Waals surface area contributed by atoms with Gasteiger partial charge in [0.15, 0.2) is 6.29 Å². The van der Waals surface area contributed by atoms with Crippen LogP contribution in [-0.2, 0) is 20.5 Å². The standard InChI is InChI=1S/C30H37NO5Si/c1-22-26(36-28(32)27(22)31-29(33)34-20-23-14-8-5-9-15-23)21-35-37(30(2,3)4,24-16-10-6-11-17-24)25-18-12-7-13-19-25/h5-19,22,26-28,32H,20-21H2,1-4H3,(H,31,33)/t22-,26+,27?,28?/m1/s1. The quantitative estimate of drug-likeness (QED) is 0.436. The molecule has 37 heavy (non-hydrogen) atoms. The lowest BCUT2D eigenvalue weighted by atomic mass is 9.99. The monoisotopic (exact) mass is 519 g/mol. The molecule has 3 aromatic rings. The number of aliphatic hydroxyl groups is 1. The Morgan fingerprint density at radius 2 is 1.43 bits per heavy atom. The number of alkyl carbamates (subject to hydrolysis) is 1. The Labute approximate surface area is 220 Å². The van der Waals surface area contributed by atoms with Crippen molar-refractivity contribution < 1.29 is 23.8 Å². The normalized spacial score (nSPS) is 22.0. The summed E-state index contributed by atoms with van der Waals surface area (Å²) < 4.78 is 18.3. The van der Waals surface area contributed by atoms with E-state index in [1.54, 1.807) is 0 Å². The molecule has 7 heteroatoms. The van der Waals surface area contributed by atoms with Crippen molar-refractivity contribution in [3.63, 3.8) is 0 Å². The number of carbonyl (C=O) groups excluding carboxylic acids is 1. The van der Waals surface area contributed by atoms with Gasteiger partial charge in [0.2, 0.25) is 0 Å². The van der Waals surface area contributed by atoms with E-state index in [0.29, 0.717) is 6.61 Å². The summed E-state index contributed by atoms with van der Waals surface area (Å²) in [6.45, 7) is 9.08. The lowest BCUT2D eigenvalue weighted by molar-refractivity contribution is -0.108. The van der Waals surface area contributed by atoms with Gasteiger partial charge in [-0.25, -0.2) is 4.79 Å². The Morgan fingerprint density at radius 3 is 1.95 bits per heavy atom. The first-order valence-electron chi connectivity index (χ1n) is 12.8. The van der Waals surface area contributed by atoms with Gasteiger partial charge in [-0.15, -0.1) is 0 Å². The SMILES string of the molecule is C[C@H]1C(NC(=O)OCc2ccccc2)C(O)O[C@H]1CO[Si](c1ccccc1)(c1ccccc1)C(C)(C)C. The number of rotatable bonds is 8. The third-order valence-electron chi connectivity index (χ3n) is 7.15. The fourth-order valence-electron chi connectivity index (χ4n) is 5.14. The van der Waals surface area contributed by atoms with Crippen molar-refractivity contribution in [1.82, 2.24) is 5.32 Å². The number of nitrogens with one attached hydrogen (secondary N) is 1. The fourth-order valence-corrected chi connectivity index (χ4v) is 9.71. The van der Waals surface area contributed by atoms with Crippen LogP contribution < -0.4 is 15.7 Å². The van der Waals surface area contributed by atoms with Gasteiger partial charge in [-0.1, -0.05) is 119 Å². The molecule has 0 spiro atoms. The third kappa shape index (κ3) is 5.96. The van der Waals surface area contributed by atoms with Crippen LogP contribution in [0.5, 0.6) is 0 Å². The molecular weight excluding hydrogens is 482 g/mol. The highest BCUT2D eigenvalue weighted by atomic mass is 28.4. The first-order valence-corrected chi connectivity index (χ1v) is 14.7. The summed E-state index contributed by atoms with van der Waals surface area (Å²) in [6, 6.07) is 29.7. The zero-order valence-corrected chi connectivity index (χ0v) is 23.0. The number of ether oxygens (including phenoxy) is 2. The highest BCUT2D eigenvalue weighted by Gasteiger charge is 2.51. The molecule has 0 saturated carbocycles. The molecule has 2 N–H and O–H groups in total. The Balaban J connectivity index is 1.49. The Morgan fingerprint density at radius 1 is 0.919 bits per heavy atom. The first-order chi connectivity index (χ1) is 17.7. The van der Waals surface area contributed by atoms with Gasteiger partial charge in [-0.2, -0.15) is 0 Å². The van der Waals surface area contributed by atoms with Crippen molar-refractivity contribution in [1.29, 1.82) is 0 Å². The van der Waals surface area contributed by atoms with Crippen LogP contribution in [0.25, 0.3) is 0 Å². The summed E-state index contributed by atoms with van der Waals surface area (Å²) in [7, 11) is -2.75. The first kappa shape index (κ1) is 27.1. The average Bonchev–Trinajstić information content (AvgIpc) is 3.16. The van der Waals surface area contributed by atoms with Crippen LogP contribution in [0.2, 0.25) is 5.04 Å². The van der Waals surface area contributed by atoms with E-state index < -0.39 is 32.8 Å². The van der Waals surface area contributed by atoms with E-state index in [-0.39, 0.29) is 17.6 Å². The maximum Gasteiger partial charge on any atom is 0.407 e. The van der Waals surface area contributed by atoms with Gasteiger partial charge in [0.25, 0.3) is 8.32 Å². The van der Waals surface area contributed by atoms with E-state index >= 15 is 0 Å². The predicted octanol–water partition coefficient (Wildman–Crippen LogP) is 4.21.